The van der Waals surface area contributed by atoms with Crippen molar-refractivity contribution >= 4 is 12.0 Å². The Labute approximate surface area is 109 Å². The van der Waals surface area contributed by atoms with Crippen molar-refractivity contribution in [2.45, 2.75) is 51.5 Å². The van der Waals surface area contributed by atoms with E-state index >= 15 is 0 Å². The van der Waals surface area contributed by atoms with Crippen molar-refractivity contribution in [1.29, 1.82) is 0 Å². The zero-order valence-electron chi connectivity index (χ0n) is 11.3. The van der Waals surface area contributed by atoms with Crippen LogP contribution in [0.15, 0.2) is 0 Å². The lowest BCUT2D eigenvalue weighted by Crippen LogP contribution is -2.43. The van der Waals surface area contributed by atoms with Gasteiger partial charge in [-0.3, -0.25) is 4.79 Å². The van der Waals surface area contributed by atoms with Gasteiger partial charge in [0.25, 0.3) is 0 Å². The van der Waals surface area contributed by atoms with Gasteiger partial charge in [-0.15, -0.1) is 0 Å². The summed E-state index contributed by atoms with van der Waals surface area (Å²) in [5.41, 5.74) is 0. The summed E-state index contributed by atoms with van der Waals surface area (Å²) in [6.45, 7) is 2.64. The minimum absolute atomic E-state index is 0.0911. The number of hydrogen-bond acceptors (Lipinski definition) is 2. The molecule has 2 N–H and O–H groups in total. The Morgan fingerprint density at radius 3 is 2.56 bits per heavy atom. The van der Waals surface area contributed by atoms with Gasteiger partial charge in [-0.25, -0.2) is 4.79 Å². The van der Waals surface area contributed by atoms with Crippen molar-refractivity contribution in [3.8, 4) is 0 Å². The molecule has 1 unspecified atom stereocenters. The minimum atomic E-state index is -0.824. The fourth-order valence-electron chi connectivity index (χ4n) is 2.40. The second-order valence-electron chi connectivity index (χ2n) is 5.31. The highest BCUT2D eigenvalue weighted by Crippen LogP contribution is 2.25. The maximum Gasteiger partial charge on any atom is 0.317 e. The number of carbonyl (C=O) groups excluding carboxylic acids is 1. The highest BCUT2D eigenvalue weighted by atomic mass is 16.4. The fourth-order valence-corrected chi connectivity index (χ4v) is 2.40. The lowest BCUT2D eigenvalue weighted by atomic mass is 10.1. The minimum Gasteiger partial charge on any atom is -0.481 e. The number of carbonyl (C=O) groups is 2. The van der Waals surface area contributed by atoms with E-state index in [1.54, 1.807) is 11.9 Å². The first-order valence-corrected chi connectivity index (χ1v) is 6.72. The summed E-state index contributed by atoms with van der Waals surface area (Å²) in [6.07, 6.45) is 5.54. The molecule has 18 heavy (non-hydrogen) atoms. The molecule has 1 rings (SSSR count). The summed E-state index contributed by atoms with van der Waals surface area (Å²) in [5.74, 6) is -0.189. The molecule has 0 heterocycles. The van der Waals surface area contributed by atoms with E-state index in [0.717, 1.165) is 6.54 Å². The Morgan fingerprint density at radius 1 is 1.39 bits per heavy atom. The second-order valence-corrected chi connectivity index (χ2v) is 5.31. The van der Waals surface area contributed by atoms with E-state index in [2.05, 4.69) is 5.32 Å². The molecule has 0 aromatic rings. The molecule has 0 bridgehead atoms. The number of urea groups is 1. The smallest absolute Gasteiger partial charge is 0.317 e. The second kappa shape index (κ2) is 7.24. The maximum absolute atomic E-state index is 11.9. The Hall–Kier alpha value is -1.26. The summed E-state index contributed by atoms with van der Waals surface area (Å²) < 4.78 is 0. The van der Waals surface area contributed by atoms with Gasteiger partial charge in [0, 0.05) is 26.1 Å². The number of amides is 2. The van der Waals surface area contributed by atoms with Crippen molar-refractivity contribution in [3.05, 3.63) is 0 Å². The van der Waals surface area contributed by atoms with E-state index in [1.165, 1.54) is 25.7 Å². The van der Waals surface area contributed by atoms with Crippen LogP contribution in [0.4, 0.5) is 4.79 Å². The van der Waals surface area contributed by atoms with Gasteiger partial charge in [-0.2, -0.15) is 0 Å². The van der Waals surface area contributed by atoms with Crippen LogP contribution in [0.5, 0.6) is 0 Å². The monoisotopic (exact) mass is 256 g/mol. The van der Waals surface area contributed by atoms with Crippen molar-refractivity contribution in [2.24, 2.45) is 5.92 Å². The largest absolute Gasteiger partial charge is 0.481 e. The third-order valence-corrected chi connectivity index (χ3v) is 3.51. The number of nitrogens with zero attached hydrogens (tertiary/aromatic N) is 1. The van der Waals surface area contributed by atoms with Gasteiger partial charge in [0.15, 0.2) is 0 Å². The van der Waals surface area contributed by atoms with Gasteiger partial charge in [0.2, 0.25) is 0 Å². The standard InChI is InChI=1S/C13H24N2O3/c1-10(7-8-12(16)17)14-13(18)15(2)9-11-5-3-4-6-11/h10-11H,3-9H2,1-2H3,(H,14,18)(H,16,17). The van der Waals surface area contributed by atoms with Crippen LogP contribution in [-0.2, 0) is 4.79 Å². The Bertz CT molecular complexity index is 288. The molecule has 1 aliphatic carbocycles. The number of carboxylic acid groups (broad SMARTS) is 1. The van der Waals surface area contributed by atoms with Gasteiger partial charge in [0.05, 0.1) is 0 Å². The summed E-state index contributed by atoms with van der Waals surface area (Å²) in [5, 5.41) is 11.4. The molecule has 104 valence electrons. The zero-order valence-corrected chi connectivity index (χ0v) is 11.3. The lowest BCUT2D eigenvalue weighted by molar-refractivity contribution is -0.137. The topological polar surface area (TPSA) is 69.6 Å². The number of aliphatic carboxylic acids is 1. The molecule has 1 atom stereocenters. The van der Waals surface area contributed by atoms with Crippen LogP contribution < -0.4 is 5.32 Å². The van der Waals surface area contributed by atoms with Crippen LogP contribution in [0.2, 0.25) is 0 Å². The van der Waals surface area contributed by atoms with E-state index in [4.69, 9.17) is 5.11 Å². The van der Waals surface area contributed by atoms with Crippen molar-refractivity contribution in [2.75, 3.05) is 13.6 Å². The zero-order chi connectivity index (χ0) is 13.5. The molecule has 0 radical (unpaired) electrons. The van der Waals surface area contributed by atoms with Crippen LogP contribution in [0.1, 0.15) is 45.4 Å². The Morgan fingerprint density at radius 2 is 2.00 bits per heavy atom. The first kappa shape index (κ1) is 14.8. The SMILES string of the molecule is CC(CCC(=O)O)NC(=O)N(C)CC1CCCC1. The normalized spacial score (nSPS) is 17.4. The highest BCUT2D eigenvalue weighted by Gasteiger charge is 2.20. The molecule has 0 saturated heterocycles. The highest BCUT2D eigenvalue weighted by molar-refractivity contribution is 5.74. The van der Waals surface area contributed by atoms with Crippen molar-refractivity contribution < 1.29 is 14.7 Å². The maximum atomic E-state index is 11.9. The molecule has 2 amide bonds. The van der Waals surface area contributed by atoms with Crippen LogP contribution in [0.3, 0.4) is 0 Å². The predicted octanol–water partition coefficient (Wildman–Crippen LogP) is 2.07. The third kappa shape index (κ3) is 5.38. The molecule has 1 saturated carbocycles. The average molecular weight is 256 g/mol. The molecular weight excluding hydrogens is 232 g/mol. The van der Waals surface area contributed by atoms with E-state index in [9.17, 15) is 9.59 Å². The van der Waals surface area contributed by atoms with Crippen LogP contribution >= 0.6 is 0 Å². The van der Waals surface area contributed by atoms with Crippen LogP contribution in [0, 0.1) is 5.92 Å². The van der Waals surface area contributed by atoms with Crippen LogP contribution in [-0.4, -0.2) is 41.6 Å². The van der Waals surface area contributed by atoms with Gasteiger partial charge in [-0.05, 0) is 32.1 Å². The molecule has 0 aromatic heterocycles. The van der Waals surface area contributed by atoms with E-state index in [0.29, 0.717) is 12.3 Å². The fraction of sp³-hybridized carbons (Fsp3) is 0.846. The Kier molecular flexibility index (Phi) is 5.95. The van der Waals surface area contributed by atoms with Crippen molar-refractivity contribution in [1.82, 2.24) is 10.2 Å². The lowest BCUT2D eigenvalue weighted by Gasteiger charge is -2.23. The molecule has 5 nitrogen and oxygen atoms in total. The van der Waals surface area contributed by atoms with E-state index < -0.39 is 5.97 Å². The van der Waals surface area contributed by atoms with Gasteiger partial charge in [0.1, 0.15) is 0 Å². The summed E-state index contributed by atoms with van der Waals surface area (Å²) in [6, 6.07) is -0.195. The van der Waals surface area contributed by atoms with E-state index in [-0.39, 0.29) is 18.5 Å². The molecule has 0 aliphatic heterocycles. The molecule has 5 heteroatoms. The number of rotatable bonds is 6. The van der Waals surface area contributed by atoms with Gasteiger partial charge in [-0.1, -0.05) is 12.8 Å². The predicted molar refractivity (Wildman–Crippen MR) is 69.5 cm³/mol. The number of nitrogens with one attached hydrogen (secondary N) is 1. The average Bonchev–Trinajstić information content (AvgIpc) is 2.79. The summed E-state index contributed by atoms with van der Waals surface area (Å²) in [4.78, 5) is 24.0. The number of hydrogen-bond donors (Lipinski definition) is 2. The first-order chi connectivity index (χ1) is 8.49. The number of carboxylic acids is 1. The van der Waals surface area contributed by atoms with Crippen LogP contribution in [0.25, 0.3) is 0 Å². The van der Waals surface area contributed by atoms with Gasteiger partial charge >= 0.3 is 12.0 Å². The Balaban J connectivity index is 2.23. The molecular formula is C13H24N2O3. The van der Waals surface area contributed by atoms with Crippen molar-refractivity contribution in [3.63, 3.8) is 0 Å². The first-order valence-electron chi connectivity index (χ1n) is 6.72. The van der Waals surface area contributed by atoms with Gasteiger partial charge < -0.3 is 15.3 Å². The molecule has 0 aromatic carbocycles. The quantitative estimate of drug-likeness (QED) is 0.764. The molecule has 1 fully saturated rings. The molecule has 1 aliphatic rings. The third-order valence-electron chi connectivity index (χ3n) is 3.51. The molecule has 0 spiro atoms. The van der Waals surface area contributed by atoms with E-state index in [1.807, 2.05) is 6.92 Å². The summed E-state index contributed by atoms with van der Waals surface area (Å²) in [7, 11) is 1.80. The summed E-state index contributed by atoms with van der Waals surface area (Å²) >= 11 is 0.